The van der Waals surface area contributed by atoms with E-state index in [2.05, 4.69) is 18.1 Å². The van der Waals surface area contributed by atoms with Crippen LogP contribution in [-0.4, -0.2) is 47.0 Å². The summed E-state index contributed by atoms with van der Waals surface area (Å²) in [5.74, 6) is 0.201. The van der Waals surface area contributed by atoms with Gasteiger partial charge in [0.05, 0.1) is 23.5 Å². The largest absolute Gasteiger partial charge is 0.386 e. The Bertz CT molecular complexity index is 989. The average Bonchev–Trinajstić information content (AvgIpc) is 3.06. The van der Waals surface area contributed by atoms with Crippen molar-refractivity contribution in [1.82, 2.24) is 14.1 Å². The van der Waals surface area contributed by atoms with Gasteiger partial charge in [0.25, 0.3) is 0 Å². The van der Waals surface area contributed by atoms with E-state index < -0.39 is 21.7 Å². The molecule has 2 aromatic rings. The number of hydrogen-bond donors (Lipinski definition) is 1. The molecule has 5 rings (SSSR count). The van der Waals surface area contributed by atoms with Gasteiger partial charge in [0.15, 0.2) is 0 Å². The summed E-state index contributed by atoms with van der Waals surface area (Å²) < 4.78 is 27.2. The highest BCUT2D eigenvalue weighted by molar-refractivity contribution is 7.88. The minimum atomic E-state index is -3.14. The van der Waals surface area contributed by atoms with Gasteiger partial charge >= 0.3 is 0 Å². The minimum Gasteiger partial charge on any atom is -0.386 e. The van der Waals surface area contributed by atoms with E-state index in [0.717, 1.165) is 42.1 Å². The summed E-state index contributed by atoms with van der Waals surface area (Å²) in [7, 11) is -3.14. The topological polar surface area (TPSA) is 75.4 Å². The lowest BCUT2D eigenvalue weighted by molar-refractivity contribution is -0.00907. The van der Waals surface area contributed by atoms with Crippen molar-refractivity contribution in [2.45, 2.75) is 44.2 Å². The molecule has 2 atom stereocenters. The number of benzene rings is 1. The molecule has 0 spiro atoms. The molecule has 2 unspecified atom stereocenters. The van der Waals surface area contributed by atoms with Crippen LogP contribution in [0.4, 0.5) is 0 Å². The fraction of sp³-hybridized carbons (Fsp3) is 0.611. The Morgan fingerprint density at radius 1 is 1.28 bits per heavy atom. The van der Waals surface area contributed by atoms with Gasteiger partial charge < -0.3 is 5.11 Å². The Labute approximate surface area is 147 Å². The van der Waals surface area contributed by atoms with Crippen LogP contribution in [0.5, 0.6) is 0 Å². The van der Waals surface area contributed by atoms with E-state index in [1.54, 1.807) is 4.31 Å². The van der Waals surface area contributed by atoms with Gasteiger partial charge in [0, 0.05) is 24.0 Å². The average molecular weight is 361 g/mol. The Morgan fingerprint density at radius 2 is 2.00 bits per heavy atom. The van der Waals surface area contributed by atoms with E-state index in [4.69, 9.17) is 0 Å². The van der Waals surface area contributed by atoms with Gasteiger partial charge in [-0.2, -0.15) is 5.10 Å². The molecule has 3 heterocycles. The third kappa shape index (κ3) is 1.92. The molecular formula is C18H23N3O3S. The highest BCUT2D eigenvalue weighted by Crippen LogP contribution is 2.53. The van der Waals surface area contributed by atoms with E-state index in [1.165, 1.54) is 17.4 Å². The minimum absolute atomic E-state index is 0.201. The number of fused-ring (bicyclic) bond motifs is 2. The number of aromatic nitrogens is 2. The van der Waals surface area contributed by atoms with Crippen LogP contribution in [0.3, 0.4) is 0 Å². The number of hydrogen-bond acceptors (Lipinski definition) is 4. The Morgan fingerprint density at radius 3 is 2.60 bits per heavy atom. The van der Waals surface area contributed by atoms with Crippen molar-refractivity contribution in [3.8, 4) is 0 Å². The number of sulfonamides is 1. The molecule has 0 amide bonds. The molecule has 0 bridgehead atoms. The standard InChI is InChI=1S/C18H23N3O3S/c1-18(13-5-7-20(8-6-13)25(2,23)24)17(22)15-14-4-3-11(14)9-12-10-19-21(18)16(12)15/h9-10,13,17,22H,3-8H2,1-2H3. The number of nitrogens with zero attached hydrogens (tertiary/aromatic N) is 3. The van der Waals surface area contributed by atoms with Crippen LogP contribution in [-0.2, 0) is 28.4 Å². The highest BCUT2D eigenvalue weighted by atomic mass is 32.2. The zero-order chi connectivity index (χ0) is 17.6. The zero-order valence-electron chi connectivity index (χ0n) is 14.6. The van der Waals surface area contributed by atoms with E-state index in [0.29, 0.717) is 13.1 Å². The maximum absolute atomic E-state index is 11.8. The summed E-state index contributed by atoms with van der Waals surface area (Å²) in [6.45, 7) is 3.13. The Kier molecular flexibility index (Phi) is 3.05. The molecule has 1 N–H and O–H groups in total. The summed E-state index contributed by atoms with van der Waals surface area (Å²) >= 11 is 0. The van der Waals surface area contributed by atoms with E-state index in [9.17, 15) is 13.5 Å². The first-order valence-electron chi connectivity index (χ1n) is 8.98. The summed E-state index contributed by atoms with van der Waals surface area (Å²) in [5.41, 5.74) is 4.30. The van der Waals surface area contributed by atoms with Crippen molar-refractivity contribution in [2.24, 2.45) is 5.92 Å². The number of aliphatic hydroxyl groups excluding tert-OH is 1. The molecule has 2 aliphatic heterocycles. The van der Waals surface area contributed by atoms with Gasteiger partial charge in [0.2, 0.25) is 10.0 Å². The van der Waals surface area contributed by atoms with Gasteiger partial charge in [0.1, 0.15) is 6.10 Å². The van der Waals surface area contributed by atoms with Crippen LogP contribution in [0.25, 0.3) is 10.9 Å². The third-order valence-electron chi connectivity index (χ3n) is 6.77. The van der Waals surface area contributed by atoms with Gasteiger partial charge in [-0.1, -0.05) is 0 Å². The molecule has 134 valence electrons. The lowest BCUT2D eigenvalue weighted by Gasteiger charge is -2.42. The molecule has 0 saturated carbocycles. The fourth-order valence-electron chi connectivity index (χ4n) is 5.16. The van der Waals surface area contributed by atoms with Crippen molar-refractivity contribution < 1.29 is 13.5 Å². The lowest BCUT2D eigenvalue weighted by atomic mass is 9.73. The third-order valence-corrected chi connectivity index (χ3v) is 8.08. The maximum atomic E-state index is 11.8. The van der Waals surface area contributed by atoms with Crippen LogP contribution in [0, 0.1) is 5.92 Å². The number of piperidine rings is 1. The van der Waals surface area contributed by atoms with Gasteiger partial charge in [-0.3, -0.25) is 4.68 Å². The molecule has 3 aliphatic rings. The SMILES string of the molecule is CC1(C2CCN(S(C)(=O)=O)CC2)C(O)c2c3c(cc4cnn1c24)CC3. The molecule has 1 fully saturated rings. The summed E-state index contributed by atoms with van der Waals surface area (Å²) in [5, 5.41) is 17.1. The normalized spacial score (nSPS) is 29.8. The number of rotatable bonds is 2. The van der Waals surface area contributed by atoms with Crippen molar-refractivity contribution in [3.63, 3.8) is 0 Å². The molecule has 1 aromatic heterocycles. The van der Waals surface area contributed by atoms with Crippen LogP contribution < -0.4 is 0 Å². The maximum Gasteiger partial charge on any atom is 0.211 e. The molecule has 1 aromatic carbocycles. The monoisotopic (exact) mass is 361 g/mol. The predicted molar refractivity (Wildman–Crippen MR) is 94.9 cm³/mol. The smallest absolute Gasteiger partial charge is 0.211 e. The Hall–Kier alpha value is -1.44. The molecule has 25 heavy (non-hydrogen) atoms. The van der Waals surface area contributed by atoms with Crippen molar-refractivity contribution in [1.29, 1.82) is 0 Å². The van der Waals surface area contributed by atoms with Crippen LogP contribution in [0.2, 0.25) is 0 Å². The summed E-state index contributed by atoms with van der Waals surface area (Å²) in [6.07, 6.45) is 6.23. The highest BCUT2D eigenvalue weighted by Gasteiger charge is 2.52. The number of aryl methyl sites for hydroxylation is 1. The quantitative estimate of drug-likeness (QED) is 0.881. The summed E-state index contributed by atoms with van der Waals surface area (Å²) in [4.78, 5) is 0. The predicted octanol–water partition coefficient (Wildman–Crippen LogP) is 1.57. The summed E-state index contributed by atoms with van der Waals surface area (Å²) in [6, 6.07) is 2.21. The fourth-order valence-corrected chi connectivity index (χ4v) is 6.04. The zero-order valence-corrected chi connectivity index (χ0v) is 15.4. The first kappa shape index (κ1) is 15.8. The molecule has 1 aliphatic carbocycles. The van der Waals surface area contributed by atoms with Gasteiger partial charge in [-0.25, -0.2) is 12.7 Å². The second-order valence-corrected chi connectivity index (χ2v) is 9.97. The number of aliphatic hydroxyl groups is 1. The van der Waals surface area contributed by atoms with Crippen molar-refractivity contribution >= 4 is 20.9 Å². The Balaban J connectivity index is 1.55. The van der Waals surface area contributed by atoms with Crippen LogP contribution >= 0.6 is 0 Å². The van der Waals surface area contributed by atoms with E-state index in [-0.39, 0.29) is 5.92 Å². The molecule has 1 saturated heterocycles. The molecular weight excluding hydrogens is 338 g/mol. The first-order chi connectivity index (χ1) is 11.8. The van der Waals surface area contributed by atoms with Gasteiger partial charge in [-0.15, -0.1) is 0 Å². The van der Waals surface area contributed by atoms with Crippen molar-refractivity contribution in [2.75, 3.05) is 19.3 Å². The van der Waals surface area contributed by atoms with E-state index in [1.807, 2.05) is 10.9 Å². The van der Waals surface area contributed by atoms with Crippen LogP contribution in [0.1, 0.15) is 42.6 Å². The second-order valence-electron chi connectivity index (χ2n) is 7.99. The van der Waals surface area contributed by atoms with Gasteiger partial charge in [-0.05, 0) is 55.7 Å². The van der Waals surface area contributed by atoms with Crippen molar-refractivity contribution in [3.05, 3.63) is 29.0 Å². The lowest BCUT2D eigenvalue weighted by Crippen LogP contribution is -2.48. The van der Waals surface area contributed by atoms with E-state index >= 15 is 0 Å². The first-order valence-corrected chi connectivity index (χ1v) is 10.8. The molecule has 6 nitrogen and oxygen atoms in total. The van der Waals surface area contributed by atoms with Crippen LogP contribution in [0.15, 0.2) is 12.3 Å². The molecule has 0 radical (unpaired) electrons. The second kappa shape index (κ2) is 4.84. The molecule has 7 heteroatoms.